The van der Waals surface area contributed by atoms with Crippen molar-refractivity contribution in [1.29, 1.82) is 0 Å². The van der Waals surface area contributed by atoms with Crippen LogP contribution in [0.25, 0.3) is 0 Å². The van der Waals surface area contributed by atoms with Crippen molar-refractivity contribution in [2.75, 3.05) is 6.54 Å². The number of hydrogen-bond acceptors (Lipinski definition) is 2. The van der Waals surface area contributed by atoms with Crippen LogP contribution in [0, 0.1) is 5.92 Å². The van der Waals surface area contributed by atoms with Gasteiger partial charge in [-0.3, -0.25) is 4.68 Å². The van der Waals surface area contributed by atoms with E-state index in [0.717, 1.165) is 11.6 Å². The highest BCUT2D eigenvalue weighted by molar-refractivity contribution is 6.31. The highest BCUT2D eigenvalue weighted by atomic mass is 35.5. The van der Waals surface area contributed by atoms with Crippen LogP contribution >= 0.6 is 11.6 Å². The second kappa shape index (κ2) is 7.46. The quantitative estimate of drug-likeness (QED) is 0.796. The van der Waals surface area contributed by atoms with E-state index in [-0.39, 0.29) is 0 Å². The van der Waals surface area contributed by atoms with Gasteiger partial charge in [0, 0.05) is 6.04 Å². The summed E-state index contributed by atoms with van der Waals surface area (Å²) in [6, 6.07) is 0.694. The topological polar surface area (TPSA) is 29.9 Å². The Morgan fingerprint density at radius 1 is 1.30 bits per heavy atom. The first-order valence-electron chi connectivity index (χ1n) is 8.11. The van der Waals surface area contributed by atoms with Gasteiger partial charge in [-0.15, -0.1) is 0 Å². The zero-order valence-electron chi connectivity index (χ0n) is 13.0. The lowest BCUT2D eigenvalue weighted by atomic mass is 9.89. The normalized spacial score (nSPS) is 19.2. The van der Waals surface area contributed by atoms with E-state index >= 15 is 0 Å². The van der Waals surface area contributed by atoms with Gasteiger partial charge >= 0.3 is 0 Å². The van der Waals surface area contributed by atoms with Crippen LogP contribution in [0.4, 0.5) is 0 Å². The number of nitrogens with zero attached hydrogens (tertiary/aromatic N) is 2. The number of hydrogen-bond donors (Lipinski definition) is 1. The molecule has 3 nitrogen and oxygen atoms in total. The zero-order valence-corrected chi connectivity index (χ0v) is 13.8. The summed E-state index contributed by atoms with van der Waals surface area (Å²) in [6.45, 7) is 7.49. The van der Waals surface area contributed by atoms with E-state index in [1.54, 1.807) is 6.20 Å². The van der Waals surface area contributed by atoms with Crippen molar-refractivity contribution in [2.45, 2.75) is 71.4 Å². The minimum Gasteiger partial charge on any atom is -0.309 e. The lowest BCUT2D eigenvalue weighted by Crippen LogP contribution is -2.31. The van der Waals surface area contributed by atoms with Gasteiger partial charge in [-0.2, -0.15) is 5.10 Å². The molecule has 1 atom stereocenters. The first kappa shape index (κ1) is 15.8. The van der Waals surface area contributed by atoms with Gasteiger partial charge < -0.3 is 5.32 Å². The van der Waals surface area contributed by atoms with Crippen molar-refractivity contribution >= 4 is 11.6 Å². The SMILES string of the molecule is CCNC(c1c(Cl)cnn1C(C)C)C1CCCCCC1. The van der Waals surface area contributed by atoms with Crippen molar-refractivity contribution in [2.24, 2.45) is 5.92 Å². The zero-order chi connectivity index (χ0) is 14.5. The maximum Gasteiger partial charge on any atom is 0.0834 e. The van der Waals surface area contributed by atoms with Gasteiger partial charge in [0.2, 0.25) is 0 Å². The van der Waals surface area contributed by atoms with E-state index < -0.39 is 0 Å². The minimum atomic E-state index is 0.343. The Balaban J connectivity index is 2.29. The molecule has 0 bridgehead atoms. The fourth-order valence-corrected chi connectivity index (χ4v) is 3.65. The van der Waals surface area contributed by atoms with Crippen molar-refractivity contribution in [1.82, 2.24) is 15.1 Å². The Bertz CT molecular complexity index is 406. The molecule has 1 fully saturated rings. The third kappa shape index (κ3) is 3.56. The Labute approximate surface area is 128 Å². The molecule has 0 amide bonds. The summed E-state index contributed by atoms with van der Waals surface area (Å²) in [4.78, 5) is 0. The number of halogens is 1. The molecule has 1 N–H and O–H groups in total. The van der Waals surface area contributed by atoms with Gasteiger partial charge in [0.05, 0.1) is 23.0 Å². The number of nitrogens with one attached hydrogen (secondary N) is 1. The summed E-state index contributed by atoms with van der Waals surface area (Å²) < 4.78 is 2.10. The van der Waals surface area contributed by atoms with Crippen LogP contribution in [-0.2, 0) is 0 Å². The minimum absolute atomic E-state index is 0.343. The summed E-state index contributed by atoms with van der Waals surface area (Å²) >= 11 is 6.46. The van der Waals surface area contributed by atoms with Crippen LogP contribution < -0.4 is 5.32 Å². The van der Waals surface area contributed by atoms with Crippen LogP contribution in [-0.4, -0.2) is 16.3 Å². The summed E-state index contributed by atoms with van der Waals surface area (Å²) in [6.07, 6.45) is 9.87. The highest BCUT2D eigenvalue weighted by Gasteiger charge is 2.29. The van der Waals surface area contributed by atoms with Crippen LogP contribution in [0.3, 0.4) is 0 Å². The largest absolute Gasteiger partial charge is 0.309 e. The third-order valence-electron chi connectivity index (χ3n) is 4.37. The van der Waals surface area contributed by atoms with Crippen LogP contribution in [0.2, 0.25) is 5.02 Å². The van der Waals surface area contributed by atoms with E-state index in [1.807, 2.05) is 0 Å². The fourth-order valence-electron chi connectivity index (χ4n) is 3.40. The average molecular weight is 298 g/mol. The maximum absolute atomic E-state index is 6.46. The van der Waals surface area contributed by atoms with Crippen molar-refractivity contribution in [3.63, 3.8) is 0 Å². The van der Waals surface area contributed by atoms with Crippen LogP contribution in [0.15, 0.2) is 6.20 Å². The molecule has 1 saturated carbocycles. The standard InChI is InChI=1S/C16H28ClN3/c1-4-18-15(13-9-7-5-6-8-10-13)16-14(17)11-19-20(16)12(2)3/h11-13,15,18H,4-10H2,1-3H3. The molecule has 1 aliphatic rings. The first-order valence-corrected chi connectivity index (χ1v) is 8.49. The van der Waals surface area contributed by atoms with Gasteiger partial charge in [-0.25, -0.2) is 0 Å². The third-order valence-corrected chi connectivity index (χ3v) is 4.66. The molecule has 1 aromatic rings. The monoisotopic (exact) mass is 297 g/mol. The second-order valence-electron chi connectivity index (χ2n) is 6.20. The molecule has 114 valence electrons. The second-order valence-corrected chi connectivity index (χ2v) is 6.61. The molecular weight excluding hydrogens is 270 g/mol. The van der Waals surface area contributed by atoms with Crippen molar-refractivity contribution in [3.05, 3.63) is 16.9 Å². The molecule has 4 heteroatoms. The summed E-state index contributed by atoms with van der Waals surface area (Å²) in [5.74, 6) is 0.684. The van der Waals surface area contributed by atoms with Gasteiger partial charge in [0.1, 0.15) is 0 Å². The summed E-state index contributed by atoms with van der Waals surface area (Å²) in [7, 11) is 0. The van der Waals surface area contributed by atoms with Crippen molar-refractivity contribution < 1.29 is 0 Å². The lowest BCUT2D eigenvalue weighted by molar-refractivity contribution is 0.307. The molecule has 0 aliphatic heterocycles. The fraction of sp³-hybridized carbons (Fsp3) is 0.812. The Morgan fingerprint density at radius 3 is 2.50 bits per heavy atom. The Morgan fingerprint density at radius 2 is 1.95 bits per heavy atom. The summed E-state index contributed by atoms with van der Waals surface area (Å²) in [5, 5.41) is 8.97. The van der Waals surface area contributed by atoms with Crippen LogP contribution in [0.1, 0.15) is 77.1 Å². The van der Waals surface area contributed by atoms with Gasteiger partial charge in [-0.05, 0) is 39.2 Å². The van der Waals surface area contributed by atoms with E-state index in [0.29, 0.717) is 18.0 Å². The molecular formula is C16H28ClN3. The molecule has 0 radical (unpaired) electrons. The molecule has 1 aliphatic carbocycles. The van der Waals surface area contributed by atoms with E-state index in [2.05, 4.69) is 35.9 Å². The molecule has 20 heavy (non-hydrogen) atoms. The van der Waals surface area contributed by atoms with E-state index in [4.69, 9.17) is 11.6 Å². The predicted molar refractivity (Wildman–Crippen MR) is 85.2 cm³/mol. The van der Waals surface area contributed by atoms with Gasteiger partial charge in [0.15, 0.2) is 0 Å². The molecule has 1 unspecified atom stereocenters. The van der Waals surface area contributed by atoms with Crippen molar-refractivity contribution in [3.8, 4) is 0 Å². The Kier molecular flexibility index (Phi) is 5.91. The smallest absolute Gasteiger partial charge is 0.0834 e. The predicted octanol–water partition coefficient (Wildman–Crippen LogP) is 4.74. The summed E-state index contributed by atoms with van der Waals surface area (Å²) in [5.41, 5.74) is 1.19. The molecule has 0 aromatic carbocycles. The molecule has 1 aromatic heterocycles. The molecule has 1 heterocycles. The molecule has 2 rings (SSSR count). The number of aromatic nitrogens is 2. The number of rotatable bonds is 5. The highest BCUT2D eigenvalue weighted by Crippen LogP contribution is 2.37. The molecule has 0 saturated heterocycles. The van der Waals surface area contributed by atoms with Crippen LogP contribution in [0.5, 0.6) is 0 Å². The average Bonchev–Trinajstić information content (AvgIpc) is 2.64. The van der Waals surface area contributed by atoms with Gasteiger partial charge in [0.25, 0.3) is 0 Å². The Hall–Kier alpha value is -0.540. The maximum atomic E-state index is 6.46. The van der Waals surface area contributed by atoms with Gasteiger partial charge in [-0.1, -0.05) is 44.2 Å². The lowest BCUT2D eigenvalue weighted by Gasteiger charge is -2.29. The molecule has 0 spiro atoms. The van der Waals surface area contributed by atoms with E-state index in [9.17, 15) is 0 Å². The first-order chi connectivity index (χ1) is 9.65. The van der Waals surface area contributed by atoms with E-state index in [1.165, 1.54) is 44.2 Å².